The van der Waals surface area contributed by atoms with Crippen LogP contribution in [-0.2, 0) is 0 Å². The van der Waals surface area contributed by atoms with Crippen molar-refractivity contribution in [2.24, 2.45) is 0 Å². The van der Waals surface area contributed by atoms with Crippen LogP contribution in [0, 0.1) is 6.92 Å². The maximum absolute atomic E-state index is 12.3. The molecule has 2 N–H and O–H groups in total. The van der Waals surface area contributed by atoms with E-state index < -0.39 is 0 Å². The third kappa shape index (κ3) is 2.18. The number of pyridine rings is 1. The largest absolute Gasteiger partial charge is 0.495 e. The number of para-hydroxylation sites is 1. The number of nitrogens with zero attached hydrogens (tertiary/aromatic N) is 1. The van der Waals surface area contributed by atoms with Gasteiger partial charge in [-0.1, -0.05) is 6.07 Å². The number of anilines is 1. The standard InChI is InChI=1S/C14H14N2O2/c1-9-6-7-10(8-16-9)14(17)11-4-3-5-12(18-2)13(11)15/h3-8H,15H2,1-2H3. The number of ether oxygens (including phenoxy) is 1. The van der Waals surface area contributed by atoms with Gasteiger partial charge in [0.2, 0.25) is 0 Å². The molecular formula is C14H14N2O2. The Morgan fingerprint density at radius 1 is 1.28 bits per heavy atom. The van der Waals surface area contributed by atoms with Gasteiger partial charge in [0.1, 0.15) is 5.75 Å². The predicted molar refractivity (Wildman–Crippen MR) is 69.8 cm³/mol. The lowest BCUT2D eigenvalue weighted by Gasteiger charge is -2.09. The highest BCUT2D eigenvalue weighted by Crippen LogP contribution is 2.26. The van der Waals surface area contributed by atoms with Crippen molar-refractivity contribution >= 4 is 11.5 Å². The van der Waals surface area contributed by atoms with E-state index >= 15 is 0 Å². The molecule has 0 bridgehead atoms. The van der Waals surface area contributed by atoms with Gasteiger partial charge in [0, 0.05) is 23.0 Å². The molecule has 1 aromatic carbocycles. The highest BCUT2D eigenvalue weighted by molar-refractivity contribution is 6.12. The van der Waals surface area contributed by atoms with Crippen LogP contribution < -0.4 is 10.5 Å². The molecule has 0 radical (unpaired) electrons. The molecular weight excluding hydrogens is 228 g/mol. The molecule has 0 unspecified atom stereocenters. The van der Waals surface area contributed by atoms with Crippen molar-refractivity contribution in [1.29, 1.82) is 0 Å². The number of nitrogens with two attached hydrogens (primary N) is 1. The fraction of sp³-hybridized carbons (Fsp3) is 0.143. The minimum atomic E-state index is -0.154. The second kappa shape index (κ2) is 4.87. The van der Waals surface area contributed by atoms with Gasteiger partial charge in [-0.15, -0.1) is 0 Å². The molecule has 2 aromatic rings. The van der Waals surface area contributed by atoms with Crippen LogP contribution in [0.5, 0.6) is 5.75 Å². The number of rotatable bonds is 3. The number of aromatic nitrogens is 1. The Morgan fingerprint density at radius 2 is 2.06 bits per heavy atom. The zero-order valence-corrected chi connectivity index (χ0v) is 10.3. The smallest absolute Gasteiger partial charge is 0.196 e. The van der Waals surface area contributed by atoms with Gasteiger partial charge in [-0.2, -0.15) is 0 Å². The van der Waals surface area contributed by atoms with Gasteiger partial charge < -0.3 is 10.5 Å². The molecule has 0 saturated carbocycles. The Balaban J connectivity index is 2.43. The average Bonchev–Trinajstić information content (AvgIpc) is 2.39. The molecule has 0 aliphatic carbocycles. The Kier molecular flexibility index (Phi) is 3.28. The summed E-state index contributed by atoms with van der Waals surface area (Å²) in [5, 5.41) is 0. The Bertz CT molecular complexity index is 577. The monoisotopic (exact) mass is 242 g/mol. The van der Waals surface area contributed by atoms with Crippen molar-refractivity contribution in [2.45, 2.75) is 6.92 Å². The average molecular weight is 242 g/mol. The fourth-order valence-corrected chi connectivity index (χ4v) is 1.68. The first-order chi connectivity index (χ1) is 8.63. The number of carbonyl (C=O) groups excluding carboxylic acids is 1. The molecule has 0 amide bonds. The van der Waals surface area contributed by atoms with Crippen molar-refractivity contribution in [3.63, 3.8) is 0 Å². The summed E-state index contributed by atoms with van der Waals surface area (Å²) in [6.45, 7) is 1.87. The van der Waals surface area contributed by atoms with E-state index in [1.165, 1.54) is 7.11 Å². The van der Waals surface area contributed by atoms with Crippen LogP contribution in [0.15, 0.2) is 36.5 Å². The van der Waals surface area contributed by atoms with Crippen molar-refractivity contribution < 1.29 is 9.53 Å². The third-order valence-corrected chi connectivity index (χ3v) is 2.70. The van der Waals surface area contributed by atoms with Crippen molar-refractivity contribution in [3.05, 3.63) is 53.3 Å². The molecule has 4 nitrogen and oxygen atoms in total. The SMILES string of the molecule is COc1cccc(C(=O)c2ccc(C)nc2)c1N. The van der Waals surface area contributed by atoms with Gasteiger partial charge in [0.15, 0.2) is 5.78 Å². The molecule has 0 aliphatic rings. The molecule has 1 heterocycles. The van der Waals surface area contributed by atoms with E-state index in [0.717, 1.165) is 5.69 Å². The Morgan fingerprint density at radius 3 is 2.67 bits per heavy atom. The summed E-state index contributed by atoms with van der Waals surface area (Å²) >= 11 is 0. The van der Waals surface area contributed by atoms with Gasteiger partial charge >= 0.3 is 0 Å². The first-order valence-electron chi connectivity index (χ1n) is 5.53. The van der Waals surface area contributed by atoms with E-state index in [1.807, 2.05) is 6.92 Å². The van der Waals surface area contributed by atoms with Crippen LogP contribution in [0.3, 0.4) is 0 Å². The minimum Gasteiger partial charge on any atom is -0.495 e. The minimum absolute atomic E-state index is 0.154. The predicted octanol–water partition coefficient (Wildman–Crippen LogP) is 2.21. The summed E-state index contributed by atoms with van der Waals surface area (Å²) in [4.78, 5) is 16.4. The molecule has 18 heavy (non-hydrogen) atoms. The van der Waals surface area contributed by atoms with Crippen LogP contribution in [0.4, 0.5) is 5.69 Å². The second-order valence-electron chi connectivity index (χ2n) is 3.94. The quantitative estimate of drug-likeness (QED) is 0.662. The molecule has 2 rings (SSSR count). The van der Waals surface area contributed by atoms with Crippen molar-refractivity contribution in [2.75, 3.05) is 12.8 Å². The van der Waals surface area contributed by atoms with Gasteiger partial charge in [-0.25, -0.2) is 0 Å². The molecule has 1 aromatic heterocycles. The van der Waals surface area contributed by atoms with Crippen LogP contribution in [0.1, 0.15) is 21.6 Å². The molecule has 0 aliphatic heterocycles. The van der Waals surface area contributed by atoms with Crippen LogP contribution >= 0.6 is 0 Å². The van der Waals surface area contributed by atoms with Gasteiger partial charge in [-0.3, -0.25) is 9.78 Å². The maximum atomic E-state index is 12.3. The van der Waals surface area contributed by atoms with E-state index in [9.17, 15) is 4.79 Å². The number of aryl methyl sites for hydroxylation is 1. The van der Waals surface area contributed by atoms with E-state index in [-0.39, 0.29) is 5.78 Å². The lowest BCUT2D eigenvalue weighted by atomic mass is 10.0. The van der Waals surface area contributed by atoms with Crippen LogP contribution in [0.25, 0.3) is 0 Å². The molecule has 0 saturated heterocycles. The van der Waals surface area contributed by atoms with Crippen molar-refractivity contribution in [1.82, 2.24) is 4.98 Å². The van der Waals surface area contributed by atoms with Crippen LogP contribution in [-0.4, -0.2) is 17.9 Å². The van der Waals surface area contributed by atoms with E-state index in [4.69, 9.17) is 10.5 Å². The zero-order valence-electron chi connectivity index (χ0n) is 10.3. The summed E-state index contributed by atoms with van der Waals surface area (Å²) in [6, 6.07) is 8.68. The Hall–Kier alpha value is -2.36. The summed E-state index contributed by atoms with van der Waals surface area (Å²) in [6.07, 6.45) is 1.55. The first kappa shape index (κ1) is 12.1. The summed E-state index contributed by atoms with van der Waals surface area (Å²) < 4.78 is 5.10. The summed E-state index contributed by atoms with van der Waals surface area (Å²) in [7, 11) is 1.52. The van der Waals surface area contributed by atoms with Gasteiger partial charge in [0.05, 0.1) is 12.8 Å². The topological polar surface area (TPSA) is 65.2 Å². The first-order valence-corrected chi connectivity index (χ1v) is 5.53. The number of benzene rings is 1. The fourth-order valence-electron chi connectivity index (χ4n) is 1.68. The molecule has 0 fully saturated rings. The summed E-state index contributed by atoms with van der Waals surface area (Å²) in [5.74, 6) is 0.347. The highest BCUT2D eigenvalue weighted by atomic mass is 16.5. The second-order valence-corrected chi connectivity index (χ2v) is 3.94. The molecule has 0 atom stereocenters. The third-order valence-electron chi connectivity index (χ3n) is 2.70. The lowest BCUT2D eigenvalue weighted by Crippen LogP contribution is -2.07. The van der Waals surface area contributed by atoms with Crippen LogP contribution in [0.2, 0.25) is 0 Å². The highest BCUT2D eigenvalue weighted by Gasteiger charge is 2.15. The number of hydrogen-bond donors (Lipinski definition) is 1. The zero-order chi connectivity index (χ0) is 13.1. The number of methoxy groups -OCH3 is 1. The lowest BCUT2D eigenvalue weighted by molar-refractivity contribution is 0.103. The number of ketones is 1. The van der Waals surface area contributed by atoms with Gasteiger partial charge in [0.25, 0.3) is 0 Å². The van der Waals surface area contributed by atoms with E-state index in [1.54, 1.807) is 36.5 Å². The Labute approximate surface area is 105 Å². The van der Waals surface area contributed by atoms with E-state index in [2.05, 4.69) is 4.98 Å². The van der Waals surface area contributed by atoms with Crippen molar-refractivity contribution in [3.8, 4) is 5.75 Å². The maximum Gasteiger partial charge on any atom is 0.196 e. The molecule has 92 valence electrons. The normalized spacial score (nSPS) is 10.1. The summed E-state index contributed by atoms with van der Waals surface area (Å²) in [5.41, 5.74) is 8.06. The molecule has 0 spiro atoms. The van der Waals surface area contributed by atoms with Gasteiger partial charge in [-0.05, 0) is 31.2 Å². The number of carbonyl (C=O) groups is 1. The number of nitrogen functional groups attached to an aromatic ring is 1. The molecule has 4 heteroatoms. The number of hydrogen-bond acceptors (Lipinski definition) is 4. The van der Waals surface area contributed by atoms with E-state index in [0.29, 0.717) is 22.6 Å².